The van der Waals surface area contributed by atoms with Crippen molar-refractivity contribution in [2.24, 2.45) is 0 Å². The highest BCUT2D eigenvalue weighted by molar-refractivity contribution is 7.18. The standard InChI is InChI=1S/C6H6N4S/c1-3-9-5-4(11-3)2-8-6(7)10-5/h2H,1H3,(H2,7,8,10). The Labute approximate surface area is 67.1 Å². The topological polar surface area (TPSA) is 64.7 Å². The van der Waals surface area contributed by atoms with Crippen molar-refractivity contribution < 1.29 is 0 Å². The number of anilines is 1. The van der Waals surface area contributed by atoms with Crippen molar-refractivity contribution in [2.45, 2.75) is 6.92 Å². The summed E-state index contributed by atoms with van der Waals surface area (Å²) in [5, 5.41) is 0.986. The van der Waals surface area contributed by atoms with E-state index in [1.54, 1.807) is 17.5 Å². The predicted octanol–water partition coefficient (Wildman–Crippen LogP) is 0.977. The predicted molar refractivity (Wildman–Crippen MR) is 44.4 cm³/mol. The molecule has 0 saturated carbocycles. The van der Waals surface area contributed by atoms with E-state index in [0.29, 0.717) is 5.65 Å². The molecule has 0 unspecified atom stereocenters. The second-order valence-corrected chi connectivity index (χ2v) is 3.38. The lowest BCUT2D eigenvalue weighted by molar-refractivity contribution is 1.20. The van der Waals surface area contributed by atoms with Crippen LogP contribution in [0.3, 0.4) is 0 Å². The van der Waals surface area contributed by atoms with E-state index in [0.717, 1.165) is 9.71 Å². The zero-order valence-corrected chi connectivity index (χ0v) is 6.72. The third-order valence-electron chi connectivity index (χ3n) is 1.28. The van der Waals surface area contributed by atoms with Crippen LogP contribution in [0, 0.1) is 6.92 Å². The molecule has 0 radical (unpaired) electrons. The zero-order chi connectivity index (χ0) is 7.84. The van der Waals surface area contributed by atoms with Gasteiger partial charge in [0.1, 0.15) is 0 Å². The third kappa shape index (κ3) is 1.03. The monoisotopic (exact) mass is 166 g/mol. The largest absolute Gasteiger partial charge is 0.368 e. The van der Waals surface area contributed by atoms with Gasteiger partial charge in [-0.3, -0.25) is 0 Å². The molecule has 0 aliphatic heterocycles. The molecular formula is C6H6N4S. The molecule has 56 valence electrons. The quantitative estimate of drug-likeness (QED) is 0.633. The summed E-state index contributed by atoms with van der Waals surface area (Å²) >= 11 is 1.57. The minimum Gasteiger partial charge on any atom is -0.368 e. The molecule has 0 fully saturated rings. The number of aryl methyl sites for hydroxylation is 1. The van der Waals surface area contributed by atoms with Gasteiger partial charge in [-0.2, -0.15) is 4.98 Å². The Morgan fingerprint density at radius 1 is 1.45 bits per heavy atom. The Morgan fingerprint density at radius 2 is 2.27 bits per heavy atom. The number of aromatic nitrogens is 3. The first-order chi connectivity index (χ1) is 5.25. The third-order valence-corrected chi connectivity index (χ3v) is 2.17. The van der Waals surface area contributed by atoms with Gasteiger partial charge >= 0.3 is 0 Å². The highest BCUT2D eigenvalue weighted by atomic mass is 32.1. The summed E-state index contributed by atoms with van der Waals surface area (Å²) in [5.41, 5.74) is 6.07. The van der Waals surface area contributed by atoms with Gasteiger partial charge in [0.25, 0.3) is 0 Å². The number of thiazole rings is 1. The van der Waals surface area contributed by atoms with Crippen molar-refractivity contribution in [2.75, 3.05) is 5.73 Å². The smallest absolute Gasteiger partial charge is 0.222 e. The van der Waals surface area contributed by atoms with E-state index in [4.69, 9.17) is 5.73 Å². The first-order valence-corrected chi connectivity index (χ1v) is 3.93. The van der Waals surface area contributed by atoms with Crippen LogP contribution in [0.5, 0.6) is 0 Å². The Morgan fingerprint density at radius 3 is 3.09 bits per heavy atom. The van der Waals surface area contributed by atoms with Crippen molar-refractivity contribution in [3.8, 4) is 0 Å². The van der Waals surface area contributed by atoms with Crippen molar-refractivity contribution in [1.29, 1.82) is 0 Å². The molecule has 0 aliphatic carbocycles. The van der Waals surface area contributed by atoms with Gasteiger partial charge in [-0.15, -0.1) is 11.3 Å². The minimum atomic E-state index is 0.280. The summed E-state index contributed by atoms with van der Waals surface area (Å²) in [6, 6.07) is 0. The molecule has 0 aromatic carbocycles. The second kappa shape index (κ2) is 2.13. The van der Waals surface area contributed by atoms with Gasteiger partial charge in [-0.25, -0.2) is 9.97 Å². The Hall–Kier alpha value is -1.23. The molecule has 5 heteroatoms. The summed E-state index contributed by atoms with van der Waals surface area (Å²) in [6.45, 7) is 1.93. The number of hydrogen-bond donors (Lipinski definition) is 1. The highest BCUT2D eigenvalue weighted by Gasteiger charge is 2.01. The van der Waals surface area contributed by atoms with Gasteiger partial charge < -0.3 is 5.73 Å². The number of fused-ring (bicyclic) bond motifs is 1. The molecule has 2 aromatic rings. The SMILES string of the molecule is Cc1nc2nc(N)ncc2s1. The van der Waals surface area contributed by atoms with E-state index in [9.17, 15) is 0 Å². The fraction of sp³-hybridized carbons (Fsp3) is 0.167. The lowest BCUT2D eigenvalue weighted by atomic mass is 10.6. The van der Waals surface area contributed by atoms with E-state index in [1.165, 1.54) is 0 Å². The van der Waals surface area contributed by atoms with E-state index < -0.39 is 0 Å². The molecule has 4 nitrogen and oxygen atoms in total. The Kier molecular flexibility index (Phi) is 1.25. The van der Waals surface area contributed by atoms with Gasteiger partial charge in [0.15, 0.2) is 5.65 Å². The fourth-order valence-electron chi connectivity index (χ4n) is 0.858. The van der Waals surface area contributed by atoms with Crippen LogP contribution in [0.15, 0.2) is 6.20 Å². The van der Waals surface area contributed by atoms with Gasteiger partial charge in [0.2, 0.25) is 5.95 Å². The first kappa shape index (κ1) is 6.48. The zero-order valence-electron chi connectivity index (χ0n) is 5.90. The molecule has 0 atom stereocenters. The lowest BCUT2D eigenvalue weighted by Crippen LogP contribution is -1.92. The van der Waals surface area contributed by atoms with Gasteiger partial charge in [-0.05, 0) is 6.92 Å². The van der Waals surface area contributed by atoms with E-state index in [2.05, 4.69) is 15.0 Å². The van der Waals surface area contributed by atoms with Gasteiger partial charge in [0.05, 0.1) is 15.9 Å². The van der Waals surface area contributed by atoms with E-state index in [1.807, 2.05) is 6.92 Å². The van der Waals surface area contributed by atoms with Crippen LogP contribution in [-0.4, -0.2) is 15.0 Å². The summed E-state index contributed by atoms with van der Waals surface area (Å²) in [5.74, 6) is 0.280. The molecule has 11 heavy (non-hydrogen) atoms. The number of hydrogen-bond acceptors (Lipinski definition) is 5. The number of nitrogen functional groups attached to an aromatic ring is 1. The van der Waals surface area contributed by atoms with E-state index >= 15 is 0 Å². The molecule has 0 saturated heterocycles. The molecule has 0 amide bonds. The highest BCUT2D eigenvalue weighted by Crippen LogP contribution is 2.18. The summed E-state index contributed by atoms with van der Waals surface area (Å²) < 4.78 is 0.983. The molecule has 2 aromatic heterocycles. The first-order valence-electron chi connectivity index (χ1n) is 3.11. The van der Waals surface area contributed by atoms with Crippen molar-refractivity contribution in [3.05, 3.63) is 11.2 Å². The molecule has 2 heterocycles. The maximum atomic E-state index is 5.38. The molecule has 0 aliphatic rings. The summed E-state index contributed by atoms with van der Waals surface area (Å²) in [4.78, 5) is 12.0. The average molecular weight is 166 g/mol. The van der Waals surface area contributed by atoms with Gasteiger partial charge in [-0.1, -0.05) is 0 Å². The van der Waals surface area contributed by atoms with Crippen LogP contribution in [0.1, 0.15) is 5.01 Å². The molecule has 2 N–H and O–H groups in total. The fourth-order valence-corrected chi connectivity index (χ4v) is 1.60. The normalized spacial score (nSPS) is 10.6. The van der Waals surface area contributed by atoms with Crippen molar-refractivity contribution in [1.82, 2.24) is 15.0 Å². The van der Waals surface area contributed by atoms with Crippen molar-refractivity contribution >= 4 is 27.6 Å². The van der Waals surface area contributed by atoms with Crippen LogP contribution in [0.2, 0.25) is 0 Å². The van der Waals surface area contributed by atoms with Crippen LogP contribution in [0.4, 0.5) is 5.95 Å². The molecular weight excluding hydrogens is 160 g/mol. The number of nitrogens with zero attached hydrogens (tertiary/aromatic N) is 3. The molecule has 2 rings (SSSR count). The minimum absolute atomic E-state index is 0.280. The molecule has 0 bridgehead atoms. The van der Waals surface area contributed by atoms with E-state index in [-0.39, 0.29) is 5.95 Å². The maximum Gasteiger partial charge on any atom is 0.222 e. The number of rotatable bonds is 0. The Bertz CT molecular complexity index is 394. The van der Waals surface area contributed by atoms with Crippen LogP contribution in [0.25, 0.3) is 10.3 Å². The lowest BCUT2D eigenvalue weighted by Gasteiger charge is -1.87. The Balaban J connectivity index is 2.82. The van der Waals surface area contributed by atoms with Crippen molar-refractivity contribution in [3.63, 3.8) is 0 Å². The van der Waals surface area contributed by atoms with Crippen LogP contribution in [-0.2, 0) is 0 Å². The molecule has 0 spiro atoms. The maximum absolute atomic E-state index is 5.38. The summed E-state index contributed by atoms with van der Waals surface area (Å²) in [6.07, 6.45) is 1.70. The average Bonchev–Trinajstić information content (AvgIpc) is 2.27. The number of nitrogens with two attached hydrogens (primary N) is 1. The van der Waals surface area contributed by atoms with Crippen LogP contribution >= 0.6 is 11.3 Å². The summed E-state index contributed by atoms with van der Waals surface area (Å²) in [7, 11) is 0. The second-order valence-electron chi connectivity index (χ2n) is 2.15. The van der Waals surface area contributed by atoms with Gasteiger partial charge in [0, 0.05) is 0 Å². The van der Waals surface area contributed by atoms with Crippen LogP contribution < -0.4 is 5.73 Å².